The van der Waals surface area contributed by atoms with Crippen molar-refractivity contribution in [2.24, 2.45) is 0 Å². The van der Waals surface area contributed by atoms with Crippen molar-refractivity contribution in [3.05, 3.63) is 29.8 Å². The maximum absolute atomic E-state index is 11.8. The van der Waals surface area contributed by atoms with Crippen LogP contribution < -0.4 is 5.32 Å². The zero-order valence-electron chi connectivity index (χ0n) is 10.2. The number of carbonyl (C=O) groups excluding carboxylic acids is 1. The van der Waals surface area contributed by atoms with Gasteiger partial charge >= 0.3 is 0 Å². The highest BCUT2D eigenvalue weighted by atomic mass is 35.5. The highest BCUT2D eigenvalue weighted by Gasteiger charge is 2.08. The normalized spacial score (nSPS) is 12.2. The van der Waals surface area contributed by atoms with E-state index in [0.29, 0.717) is 12.1 Å². The van der Waals surface area contributed by atoms with E-state index in [0.717, 1.165) is 17.7 Å². The van der Waals surface area contributed by atoms with Gasteiger partial charge in [-0.2, -0.15) is 0 Å². The molecule has 94 valence electrons. The second-order valence-corrected chi connectivity index (χ2v) is 5.32. The molecule has 0 aromatic heterocycles. The first-order chi connectivity index (χ1) is 8.17. The lowest BCUT2D eigenvalue weighted by Gasteiger charge is -2.09. The average molecular weight is 272 g/mol. The van der Waals surface area contributed by atoms with Gasteiger partial charge in [-0.3, -0.25) is 4.79 Å². The van der Waals surface area contributed by atoms with E-state index < -0.39 is 0 Å². The predicted molar refractivity (Wildman–Crippen MR) is 75.1 cm³/mol. The van der Waals surface area contributed by atoms with Crippen LogP contribution in [0.5, 0.6) is 0 Å². The van der Waals surface area contributed by atoms with E-state index in [2.05, 4.69) is 12.2 Å². The highest BCUT2D eigenvalue weighted by Crippen LogP contribution is 2.14. The van der Waals surface area contributed by atoms with Crippen molar-refractivity contribution in [2.45, 2.75) is 30.0 Å². The number of alkyl halides is 1. The van der Waals surface area contributed by atoms with Crippen LogP contribution in [0, 0.1) is 0 Å². The van der Waals surface area contributed by atoms with Crippen LogP contribution in [0.3, 0.4) is 0 Å². The van der Waals surface area contributed by atoms with Crippen molar-refractivity contribution < 1.29 is 4.79 Å². The van der Waals surface area contributed by atoms with Gasteiger partial charge in [0.1, 0.15) is 0 Å². The van der Waals surface area contributed by atoms with Gasteiger partial charge in [0.2, 0.25) is 0 Å². The molecule has 0 saturated heterocycles. The molecule has 0 heterocycles. The van der Waals surface area contributed by atoms with Crippen LogP contribution in [-0.2, 0) is 0 Å². The third kappa shape index (κ3) is 5.00. The highest BCUT2D eigenvalue weighted by molar-refractivity contribution is 7.98. The van der Waals surface area contributed by atoms with E-state index in [1.165, 1.54) is 0 Å². The molecule has 0 fully saturated rings. The molecule has 17 heavy (non-hydrogen) atoms. The first-order valence-corrected chi connectivity index (χ1v) is 7.39. The number of carbonyl (C=O) groups is 1. The molecule has 1 unspecified atom stereocenters. The van der Waals surface area contributed by atoms with Gasteiger partial charge in [0, 0.05) is 17.0 Å². The quantitative estimate of drug-likeness (QED) is 0.633. The number of hydrogen-bond donors (Lipinski definition) is 1. The van der Waals surface area contributed by atoms with Gasteiger partial charge in [-0.1, -0.05) is 13.3 Å². The lowest BCUT2D eigenvalue weighted by atomic mass is 10.2. The molecule has 0 bridgehead atoms. The predicted octanol–water partition coefficient (Wildman–Crippen LogP) is 3.55. The van der Waals surface area contributed by atoms with Crippen molar-refractivity contribution in [3.63, 3.8) is 0 Å². The minimum Gasteiger partial charge on any atom is -0.351 e. The molecule has 1 amide bonds. The zero-order chi connectivity index (χ0) is 12.7. The number of halogens is 1. The number of nitrogens with one attached hydrogen (secondary N) is 1. The summed E-state index contributed by atoms with van der Waals surface area (Å²) in [7, 11) is 0. The SMILES string of the molecule is CCCC(Cl)CNC(=O)c1ccc(SC)cc1. The van der Waals surface area contributed by atoms with Crippen LogP contribution in [0.1, 0.15) is 30.1 Å². The molecular weight excluding hydrogens is 254 g/mol. The van der Waals surface area contributed by atoms with E-state index in [9.17, 15) is 4.79 Å². The van der Waals surface area contributed by atoms with Gasteiger partial charge in [-0.05, 0) is 36.9 Å². The Balaban J connectivity index is 2.46. The second-order valence-electron chi connectivity index (χ2n) is 3.82. The van der Waals surface area contributed by atoms with Gasteiger partial charge in [0.05, 0.1) is 5.38 Å². The van der Waals surface area contributed by atoms with E-state index >= 15 is 0 Å². The summed E-state index contributed by atoms with van der Waals surface area (Å²) in [6.45, 7) is 2.61. The Morgan fingerprint density at radius 2 is 2.06 bits per heavy atom. The van der Waals surface area contributed by atoms with Crippen LogP contribution in [0.2, 0.25) is 0 Å². The Hall–Kier alpha value is -0.670. The largest absolute Gasteiger partial charge is 0.351 e. The van der Waals surface area contributed by atoms with Crippen molar-refractivity contribution >= 4 is 29.3 Å². The lowest BCUT2D eigenvalue weighted by molar-refractivity contribution is 0.0953. The first-order valence-electron chi connectivity index (χ1n) is 5.73. The molecule has 1 rings (SSSR count). The molecule has 0 aliphatic rings. The summed E-state index contributed by atoms with van der Waals surface area (Å²) < 4.78 is 0. The maximum Gasteiger partial charge on any atom is 0.251 e. The molecule has 0 radical (unpaired) electrons. The number of hydrogen-bond acceptors (Lipinski definition) is 2. The first kappa shape index (κ1) is 14.4. The molecule has 0 aliphatic carbocycles. The van der Waals surface area contributed by atoms with Crippen molar-refractivity contribution in [3.8, 4) is 0 Å². The van der Waals surface area contributed by atoms with E-state index in [1.807, 2.05) is 30.5 Å². The van der Waals surface area contributed by atoms with Gasteiger partial charge in [0.25, 0.3) is 5.91 Å². The summed E-state index contributed by atoms with van der Waals surface area (Å²) in [5.41, 5.74) is 0.683. The molecule has 0 saturated carbocycles. The molecule has 2 nitrogen and oxygen atoms in total. The summed E-state index contributed by atoms with van der Waals surface area (Å²) in [6, 6.07) is 7.57. The van der Waals surface area contributed by atoms with Gasteiger partial charge < -0.3 is 5.32 Å². The standard InChI is InChI=1S/C13H18ClNOS/c1-3-4-11(14)9-15-13(16)10-5-7-12(17-2)8-6-10/h5-8,11H,3-4,9H2,1-2H3,(H,15,16). The van der Waals surface area contributed by atoms with Crippen molar-refractivity contribution in [1.29, 1.82) is 0 Å². The number of thioether (sulfide) groups is 1. The Bertz CT molecular complexity index is 353. The number of amides is 1. The molecule has 1 N–H and O–H groups in total. The van der Waals surface area contributed by atoms with Crippen LogP contribution >= 0.6 is 23.4 Å². The maximum atomic E-state index is 11.8. The fraction of sp³-hybridized carbons (Fsp3) is 0.462. The molecule has 0 spiro atoms. The van der Waals surface area contributed by atoms with Crippen LogP contribution in [0.4, 0.5) is 0 Å². The summed E-state index contributed by atoms with van der Waals surface area (Å²) in [4.78, 5) is 12.9. The molecule has 1 atom stereocenters. The Morgan fingerprint density at radius 3 is 2.59 bits per heavy atom. The second kappa shape index (κ2) is 7.62. The summed E-state index contributed by atoms with van der Waals surface area (Å²) in [5.74, 6) is -0.0561. The Kier molecular flexibility index (Phi) is 6.45. The fourth-order valence-corrected chi connectivity index (χ4v) is 2.17. The van der Waals surface area contributed by atoms with E-state index in [1.54, 1.807) is 11.8 Å². The fourth-order valence-electron chi connectivity index (χ4n) is 1.46. The number of rotatable bonds is 6. The smallest absolute Gasteiger partial charge is 0.251 e. The average Bonchev–Trinajstić information content (AvgIpc) is 2.36. The molecule has 0 aliphatic heterocycles. The van der Waals surface area contributed by atoms with E-state index in [4.69, 9.17) is 11.6 Å². The summed E-state index contributed by atoms with van der Waals surface area (Å²) in [6.07, 6.45) is 3.97. The number of benzene rings is 1. The van der Waals surface area contributed by atoms with Crippen LogP contribution in [-0.4, -0.2) is 24.1 Å². The summed E-state index contributed by atoms with van der Waals surface area (Å²) >= 11 is 7.70. The monoisotopic (exact) mass is 271 g/mol. The van der Waals surface area contributed by atoms with Crippen LogP contribution in [0.25, 0.3) is 0 Å². The Morgan fingerprint density at radius 1 is 1.41 bits per heavy atom. The van der Waals surface area contributed by atoms with Crippen molar-refractivity contribution in [2.75, 3.05) is 12.8 Å². The van der Waals surface area contributed by atoms with E-state index in [-0.39, 0.29) is 11.3 Å². The lowest BCUT2D eigenvalue weighted by Crippen LogP contribution is -2.29. The molecular formula is C13H18ClNOS. The molecule has 4 heteroatoms. The minimum absolute atomic E-state index is 0.0226. The van der Waals surface area contributed by atoms with Crippen molar-refractivity contribution in [1.82, 2.24) is 5.32 Å². The van der Waals surface area contributed by atoms with Gasteiger partial charge in [0.15, 0.2) is 0 Å². The minimum atomic E-state index is -0.0561. The van der Waals surface area contributed by atoms with Gasteiger partial charge in [-0.15, -0.1) is 23.4 Å². The summed E-state index contributed by atoms with van der Waals surface area (Å²) in [5, 5.41) is 2.87. The Labute approximate surface area is 112 Å². The third-order valence-electron chi connectivity index (χ3n) is 2.44. The zero-order valence-corrected chi connectivity index (χ0v) is 11.8. The topological polar surface area (TPSA) is 29.1 Å². The molecule has 1 aromatic rings. The van der Waals surface area contributed by atoms with Crippen LogP contribution in [0.15, 0.2) is 29.2 Å². The molecule has 1 aromatic carbocycles. The third-order valence-corrected chi connectivity index (χ3v) is 3.55. The van der Waals surface area contributed by atoms with Gasteiger partial charge in [-0.25, -0.2) is 0 Å².